The number of fused-ring (bicyclic) bond motifs is 5. The molecule has 0 bridgehead atoms. The number of ether oxygens (including phenoxy) is 1. The number of carbonyl (C=O) groups excluding carboxylic acids is 2. The maximum Gasteiger partial charge on any atom is 0.302 e. The third-order valence-corrected chi connectivity index (χ3v) is 9.95. The van der Waals surface area contributed by atoms with Gasteiger partial charge in [0.15, 0.2) is 0 Å². The third kappa shape index (κ3) is 4.05. The lowest BCUT2D eigenvalue weighted by molar-refractivity contribution is -0.152. The van der Waals surface area contributed by atoms with Gasteiger partial charge in [0.05, 0.1) is 0 Å². The summed E-state index contributed by atoms with van der Waals surface area (Å²) in [4.78, 5) is 24.5. The molecule has 0 aromatic rings. The van der Waals surface area contributed by atoms with Crippen molar-refractivity contribution >= 4 is 11.9 Å². The van der Waals surface area contributed by atoms with Gasteiger partial charge in [0.1, 0.15) is 6.10 Å². The zero-order chi connectivity index (χ0) is 23.5. The first kappa shape index (κ1) is 23.8. The molecule has 4 nitrogen and oxygen atoms in total. The molecule has 1 amide bonds. The third-order valence-electron chi connectivity index (χ3n) is 9.95. The van der Waals surface area contributed by atoms with Crippen LogP contribution < -0.4 is 5.32 Å². The molecule has 4 aliphatic rings. The molecular weight excluding hydrogens is 398 g/mol. The lowest BCUT2D eigenvalue weighted by Gasteiger charge is -2.57. The average molecular weight is 444 g/mol. The van der Waals surface area contributed by atoms with Gasteiger partial charge in [-0.25, -0.2) is 0 Å². The highest BCUT2D eigenvalue weighted by Gasteiger charge is 2.59. The Morgan fingerprint density at radius 2 is 1.72 bits per heavy atom. The predicted octanol–water partition coefficient (Wildman–Crippen LogP) is 6.05. The van der Waals surface area contributed by atoms with Gasteiger partial charge in [-0.2, -0.15) is 0 Å². The number of rotatable bonds is 3. The van der Waals surface area contributed by atoms with Crippen LogP contribution in [0, 0.1) is 40.4 Å². The summed E-state index contributed by atoms with van der Waals surface area (Å²) >= 11 is 0. The van der Waals surface area contributed by atoms with Gasteiger partial charge in [-0.3, -0.25) is 9.59 Å². The lowest BCUT2D eigenvalue weighted by Crippen LogP contribution is -2.51. The number of hydrogen-bond acceptors (Lipinski definition) is 3. The summed E-state index contributed by atoms with van der Waals surface area (Å²) in [5.74, 6) is 2.51. The minimum atomic E-state index is -0.178. The second-order valence-corrected chi connectivity index (χ2v) is 13.0. The van der Waals surface area contributed by atoms with Crippen LogP contribution in [0.15, 0.2) is 11.6 Å². The molecule has 3 fully saturated rings. The van der Waals surface area contributed by atoms with Crippen LogP contribution in [-0.2, 0) is 14.3 Å². The van der Waals surface area contributed by atoms with E-state index in [4.69, 9.17) is 4.74 Å². The van der Waals surface area contributed by atoms with Crippen molar-refractivity contribution in [3.8, 4) is 0 Å². The Labute approximate surface area is 195 Å². The summed E-state index contributed by atoms with van der Waals surface area (Å²) in [6.45, 7) is 14.9. The molecule has 4 heteroatoms. The van der Waals surface area contributed by atoms with Crippen molar-refractivity contribution in [1.82, 2.24) is 5.32 Å². The van der Waals surface area contributed by atoms with Gasteiger partial charge in [-0.1, -0.05) is 32.4 Å². The molecular formula is C28H45NO3. The number of nitrogens with one attached hydrogen (secondary N) is 1. The maximum absolute atomic E-state index is 13.0. The molecule has 0 aromatic carbocycles. The number of amides is 1. The molecule has 180 valence electrons. The quantitative estimate of drug-likeness (QED) is 0.427. The van der Waals surface area contributed by atoms with Crippen LogP contribution in [0.3, 0.4) is 0 Å². The second kappa shape index (κ2) is 8.17. The first-order valence-electron chi connectivity index (χ1n) is 13.0. The summed E-state index contributed by atoms with van der Waals surface area (Å²) in [5, 5.41) is 3.24. The summed E-state index contributed by atoms with van der Waals surface area (Å²) in [6.07, 6.45) is 11.9. The van der Waals surface area contributed by atoms with E-state index in [0.717, 1.165) is 25.7 Å². The Morgan fingerprint density at radius 1 is 1.06 bits per heavy atom. The molecule has 3 saturated carbocycles. The fourth-order valence-corrected chi connectivity index (χ4v) is 8.34. The Kier molecular flexibility index (Phi) is 6.08. The highest BCUT2D eigenvalue weighted by atomic mass is 16.5. The van der Waals surface area contributed by atoms with Crippen molar-refractivity contribution in [3.63, 3.8) is 0 Å². The maximum atomic E-state index is 13.0. The number of esters is 1. The largest absolute Gasteiger partial charge is 0.463 e. The summed E-state index contributed by atoms with van der Waals surface area (Å²) < 4.78 is 5.61. The first-order valence-corrected chi connectivity index (χ1v) is 13.0. The highest BCUT2D eigenvalue weighted by molar-refractivity contribution is 5.79. The van der Waals surface area contributed by atoms with Crippen molar-refractivity contribution in [2.24, 2.45) is 40.4 Å². The molecule has 4 rings (SSSR count). The Morgan fingerprint density at radius 3 is 2.38 bits per heavy atom. The minimum absolute atomic E-state index is 0.0625. The van der Waals surface area contributed by atoms with E-state index >= 15 is 0 Å². The molecule has 1 N–H and O–H groups in total. The van der Waals surface area contributed by atoms with Crippen molar-refractivity contribution in [2.45, 2.75) is 111 Å². The molecule has 0 heterocycles. The van der Waals surface area contributed by atoms with E-state index in [0.29, 0.717) is 29.1 Å². The van der Waals surface area contributed by atoms with Crippen LogP contribution in [0.5, 0.6) is 0 Å². The van der Waals surface area contributed by atoms with E-state index in [2.05, 4.69) is 52.9 Å². The molecule has 32 heavy (non-hydrogen) atoms. The van der Waals surface area contributed by atoms with Crippen LogP contribution in [-0.4, -0.2) is 23.5 Å². The number of hydrogen-bond donors (Lipinski definition) is 1. The van der Waals surface area contributed by atoms with Gasteiger partial charge in [0.2, 0.25) is 5.91 Å². The predicted molar refractivity (Wildman–Crippen MR) is 128 cm³/mol. The van der Waals surface area contributed by atoms with E-state index in [1.807, 2.05) is 0 Å². The topological polar surface area (TPSA) is 55.4 Å². The zero-order valence-electron chi connectivity index (χ0n) is 21.4. The van der Waals surface area contributed by atoms with Gasteiger partial charge < -0.3 is 10.1 Å². The fraction of sp³-hybridized carbons (Fsp3) is 0.857. The van der Waals surface area contributed by atoms with E-state index < -0.39 is 0 Å². The van der Waals surface area contributed by atoms with Gasteiger partial charge in [0, 0.05) is 18.4 Å². The monoisotopic (exact) mass is 443 g/mol. The fourth-order valence-electron chi connectivity index (χ4n) is 8.34. The van der Waals surface area contributed by atoms with Crippen molar-refractivity contribution < 1.29 is 14.3 Å². The van der Waals surface area contributed by atoms with Crippen molar-refractivity contribution in [3.05, 3.63) is 11.6 Å². The first-order chi connectivity index (χ1) is 14.8. The van der Waals surface area contributed by atoms with Crippen LogP contribution in [0.2, 0.25) is 0 Å². The van der Waals surface area contributed by atoms with Crippen LogP contribution in [0.1, 0.15) is 99.8 Å². The van der Waals surface area contributed by atoms with E-state index in [-0.39, 0.29) is 34.9 Å². The summed E-state index contributed by atoms with van der Waals surface area (Å²) in [5.41, 5.74) is 2.10. The average Bonchev–Trinajstić information content (AvgIpc) is 3.03. The lowest BCUT2D eigenvalue weighted by atomic mass is 9.47. The molecule has 0 aromatic heterocycles. The van der Waals surface area contributed by atoms with Crippen LogP contribution >= 0.6 is 0 Å². The van der Waals surface area contributed by atoms with Crippen molar-refractivity contribution in [1.29, 1.82) is 0 Å². The van der Waals surface area contributed by atoms with Gasteiger partial charge in [0.25, 0.3) is 0 Å². The molecule has 0 aliphatic heterocycles. The Balaban J connectivity index is 1.52. The molecule has 0 radical (unpaired) electrons. The molecule has 4 aliphatic carbocycles. The van der Waals surface area contributed by atoms with Crippen LogP contribution in [0.4, 0.5) is 0 Å². The standard InChI is InChI=1S/C28H45NO3/c1-17(25(31)29-26(3,4)5)22-10-11-23-21-9-8-19-16-20(32-18(2)30)12-14-27(19,6)24(21)13-15-28(22,23)7/h9,17,19-20,22-24H,8,10-16H2,1-7H3,(H,29,31)/t17-,19-,20-,22+,23-,24-,27-,28+/m0/s1. The van der Waals surface area contributed by atoms with E-state index in [9.17, 15) is 9.59 Å². The van der Waals surface area contributed by atoms with Gasteiger partial charge >= 0.3 is 5.97 Å². The van der Waals surface area contributed by atoms with Crippen molar-refractivity contribution in [2.75, 3.05) is 0 Å². The second-order valence-electron chi connectivity index (χ2n) is 13.0. The molecule has 0 unspecified atom stereocenters. The molecule has 0 saturated heterocycles. The zero-order valence-corrected chi connectivity index (χ0v) is 21.4. The summed E-state index contributed by atoms with van der Waals surface area (Å²) in [7, 11) is 0. The van der Waals surface area contributed by atoms with Gasteiger partial charge in [-0.15, -0.1) is 0 Å². The summed E-state index contributed by atoms with van der Waals surface area (Å²) in [6, 6.07) is 0. The van der Waals surface area contributed by atoms with Crippen LogP contribution in [0.25, 0.3) is 0 Å². The smallest absolute Gasteiger partial charge is 0.302 e. The SMILES string of the molecule is CC(=O)O[C@H]1CC[C@@]2(C)[C@@H](CC=C3[C@@H]2CC[C@]2(C)[C@@H]([C@H](C)C(=O)NC(C)(C)C)CC[C@@H]32)C1. The molecule has 8 atom stereocenters. The van der Waals surface area contributed by atoms with Gasteiger partial charge in [-0.05, 0) is 107 Å². The molecule has 0 spiro atoms. The normalized spacial score (nSPS) is 42.1. The minimum Gasteiger partial charge on any atom is -0.463 e. The highest BCUT2D eigenvalue weighted by Crippen LogP contribution is 2.66. The number of allylic oxidation sites excluding steroid dienone is 2. The van der Waals surface area contributed by atoms with E-state index in [1.165, 1.54) is 32.6 Å². The number of carbonyl (C=O) groups is 2. The Bertz CT molecular complexity index is 795. The van der Waals surface area contributed by atoms with E-state index in [1.54, 1.807) is 5.57 Å². The Hall–Kier alpha value is -1.32.